The van der Waals surface area contributed by atoms with Gasteiger partial charge in [0.1, 0.15) is 5.75 Å². The molecule has 0 aliphatic rings. The summed E-state index contributed by atoms with van der Waals surface area (Å²) in [6.45, 7) is 0.00388. The average Bonchev–Trinajstić information content (AvgIpc) is 3.29. The van der Waals surface area contributed by atoms with Crippen LogP contribution in [0.3, 0.4) is 0 Å². The number of non-ortho nitro benzene ring substituents is 1. The molecule has 0 fully saturated rings. The maximum Gasteiger partial charge on any atom is 0.270 e. The van der Waals surface area contributed by atoms with Crippen LogP contribution in [0.15, 0.2) is 85.1 Å². The van der Waals surface area contributed by atoms with Crippen molar-refractivity contribution >= 4 is 49.1 Å². The molecule has 168 valence electrons. The lowest BCUT2D eigenvalue weighted by Crippen LogP contribution is -2.34. The highest BCUT2D eigenvalue weighted by atomic mass is 32.1. The Balaban J connectivity index is 1.42. The van der Waals surface area contributed by atoms with Crippen LogP contribution in [0.2, 0.25) is 0 Å². The van der Waals surface area contributed by atoms with Crippen molar-refractivity contribution in [1.82, 2.24) is 9.97 Å². The number of fused-ring (bicyclic) bond motifs is 2. The van der Waals surface area contributed by atoms with Crippen molar-refractivity contribution in [3.8, 4) is 5.75 Å². The molecule has 0 radical (unpaired) electrons. The number of carbonyl (C=O) groups excluding carboxylic acids is 1. The molecule has 0 saturated heterocycles. The molecule has 2 heterocycles. The van der Waals surface area contributed by atoms with E-state index in [4.69, 9.17) is 4.74 Å². The fraction of sp³-hybridized carbons (Fsp3) is 0.0800. The molecular formula is C25H18N4O4S. The summed E-state index contributed by atoms with van der Waals surface area (Å²) in [5, 5.41) is 13.7. The Hall–Kier alpha value is -4.37. The number of hydrogen-bond donors (Lipinski definition) is 0. The lowest BCUT2D eigenvalue weighted by Gasteiger charge is -2.19. The molecule has 0 unspecified atom stereocenters. The molecule has 0 N–H and O–H groups in total. The SMILES string of the molecule is O=C(COc1ccc2ccccc2c1)N(Cc1ccccn1)c1nc2ccc([N+](=O)[O-])cc2s1. The minimum absolute atomic E-state index is 0.0232. The van der Waals surface area contributed by atoms with E-state index in [0.717, 1.165) is 10.8 Å². The average molecular weight is 471 g/mol. The Bertz CT molecular complexity index is 1500. The first-order chi connectivity index (χ1) is 16.6. The normalized spacial score (nSPS) is 10.9. The summed E-state index contributed by atoms with van der Waals surface area (Å²) in [4.78, 5) is 34.3. The second kappa shape index (κ2) is 9.24. The number of thiazole rings is 1. The molecule has 0 bridgehead atoms. The Morgan fingerprint density at radius 1 is 1.00 bits per heavy atom. The van der Waals surface area contributed by atoms with Gasteiger partial charge in [-0.3, -0.25) is 24.8 Å². The molecule has 0 aliphatic heterocycles. The molecule has 8 nitrogen and oxygen atoms in total. The Labute approximate surface area is 198 Å². The van der Waals surface area contributed by atoms with E-state index in [-0.39, 0.29) is 24.7 Å². The molecule has 5 rings (SSSR count). The number of pyridine rings is 1. The number of benzene rings is 3. The van der Waals surface area contributed by atoms with Crippen LogP contribution >= 0.6 is 11.3 Å². The first-order valence-corrected chi connectivity index (χ1v) is 11.3. The van der Waals surface area contributed by atoms with Crippen molar-refractivity contribution in [3.05, 3.63) is 101 Å². The van der Waals surface area contributed by atoms with Gasteiger partial charge in [0.15, 0.2) is 11.7 Å². The molecule has 2 aromatic heterocycles. The summed E-state index contributed by atoms with van der Waals surface area (Å²) in [6.07, 6.45) is 1.66. The molecule has 34 heavy (non-hydrogen) atoms. The maximum absolute atomic E-state index is 13.3. The van der Waals surface area contributed by atoms with Gasteiger partial charge in [-0.15, -0.1) is 0 Å². The van der Waals surface area contributed by atoms with Crippen molar-refractivity contribution in [1.29, 1.82) is 0 Å². The van der Waals surface area contributed by atoms with E-state index in [1.165, 1.54) is 28.4 Å². The van der Waals surface area contributed by atoms with Crippen molar-refractivity contribution < 1.29 is 14.5 Å². The number of nitro groups is 1. The number of carbonyl (C=O) groups is 1. The smallest absolute Gasteiger partial charge is 0.270 e. The molecule has 3 aromatic carbocycles. The predicted octanol–water partition coefficient (Wildman–Crippen LogP) is 5.36. The van der Waals surface area contributed by atoms with E-state index < -0.39 is 4.92 Å². The fourth-order valence-electron chi connectivity index (χ4n) is 3.53. The molecule has 0 saturated carbocycles. The molecule has 5 aromatic rings. The first-order valence-electron chi connectivity index (χ1n) is 10.4. The summed E-state index contributed by atoms with van der Waals surface area (Å²) in [6, 6.07) is 23.5. The van der Waals surface area contributed by atoms with Gasteiger partial charge in [0.2, 0.25) is 0 Å². The van der Waals surface area contributed by atoms with Gasteiger partial charge < -0.3 is 4.74 Å². The summed E-state index contributed by atoms with van der Waals surface area (Å²) in [5.74, 6) is 0.289. The lowest BCUT2D eigenvalue weighted by molar-refractivity contribution is -0.384. The van der Waals surface area contributed by atoms with Gasteiger partial charge in [0, 0.05) is 18.3 Å². The van der Waals surface area contributed by atoms with Crippen LogP contribution in [0.4, 0.5) is 10.8 Å². The first kappa shape index (κ1) is 21.5. The van der Waals surface area contributed by atoms with Crippen LogP contribution in [-0.2, 0) is 11.3 Å². The highest BCUT2D eigenvalue weighted by molar-refractivity contribution is 7.22. The topological polar surface area (TPSA) is 98.5 Å². The van der Waals surface area contributed by atoms with Gasteiger partial charge in [-0.1, -0.05) is 47.7 Å². The van der Waals surface area contributed by atoms with Crippen LogP contribution in [0.5, 0.6) is 5.75 Å². The molecule has 0 atom stereocenters. The number of rotatable bonds is 7. The van der Waals surface area contributed by atoms with Gasteiger partial charge in [-0.25, -0.2) is 4.98 Å². The molecule has 9 heteroatoms. The van der Waals surface area contributed by atoms with Gasteiger partial charge in [-0.05, 0) is 41.1 Å². The quantitative estimate of drug-likeness (QED) is 0.234. The van der Waals surface area contributed by atoms with Crippen LogP contribution < -0.4 is 9.64 Å². The molecular weight excluding hydrogens is 452 g/mol. The number of hydrogen-bond acceptors (Lipinski definition) is 7. The highest BCUT2D eigenvalue weighted by Gasteiger charge is 2.22. The monoisotopic (exact) mass is 470 g/mol. The highest BCUT2D eigenvalue weighted by Crippen LogP contribution is 2.32. The zero-order valence-corrected chi connectivity index (χ0v) is 18.6. The Morgan fingerprint density at radius 2 is 1.82 bits per heavy atom. The number of aromatic nitrogens is 2. The van der Waals surface area contributed by atoms with Gasteiger partial charge >= 0.3 is 0 Å². The Morgan fingerprint density at radius 3 is 2.62 bits per heavy atom. The summed E-state index contributed by atoms with van der Waals surface area (Å²) in [5.41, 5.74) is 1.25. The van der Waals surface area contributed by atoms with Crippen LogP contribution in [0.25, 0.3) is 21.0 Å². The number of ether oxygens (including phenoxy) is 1. The maximum atomic E-state index is 13.3. The third-order valence-electron chi connectivity index (χ3n) is 5.23. The third-order valence-corrected chi connectivity index (χ3v) is 6.27. The van der Waals surface area contributed by atoms with E-state index in [2.05, 4.69) is 9.97 Å². The number of nitrogens with zero attached hydrogens (tertiary/aromatic N) is 4. The second-order valence-corrected chi connectivity index (χ2v) is 8.51. The van der Waals surface area contributed by atoms with Crippen LogP contribution in [0, 0.1) is 10.1 Å². The van der Waals surface area contributed by atoms with Gasteiger partial charge in [0.25, 0.3) is 11.6 Å². The van der Waals surface area contributed by atoms with Crippen molar-refractivity contribution in [2.45, 2.75) is 6.54 Å². The van der Waals surface area contributed by atoms with Crippen LogP contribution in [-0.4, -0.2) is 27.4 Å². The zero-order chi connectivity index (χ0) is 23.5. The summed E-state index contributed by atoms with van der Waals surface area (Å²) in [7, 11) is 0. The van der Waals surface area contributed by atoms with Crippen molar-refractivity contribution in [2.75, 3.05) is 11.5 Å². The minimum Gasteiger partial charge on any atom is -0.484 e. The molecule has 0 spiro atoms. The van der Waals surface area contributed by atoms with Crippen molar-refractivity contribution in [2.24, 2.45) is 0 Å². The van der Waals surface area contributed by atoms with E-state index >= 15 is 0 Å². The zero-order valence-electron chi connectivity index (χ0n) is 17.8. The standard InChI is InChI=1S/C25H18N4O4S/c30-24(16-33-21-10-8-17-5-1-2-6-18(17)13-21)28(15-19-7-3-4-12-26-19)25-27-22-11-9-20(29(31)32)14-23(22)34-25/h1-14H,15-16H2. The summed E-state index contributed by atoms with van der Waals surface area (Å²) < 4.78 is 6.44. The van der Waals surface area contributed by atoms with Gasteiger partial charge in [0.05, 0.1) is 27.4 Å². The lowest BCUT2D eigenvalue weighted by atomic mass is 10.1. The second-order valence-electron chi connectivity index (χ2n) is 7.50. The van der Waals surface area contributed by atoms with E-state index in [1.54, 1.807) is 18.3 Å². The minimum atomic E-state index is -0.451. The van der Waals surface area contributed by atoms with E-state index in [9.17, 15) is 14.9 Å². The van der Waals surface area contributed by atoms with E-state index in [1.807, 2.05) is 54.6 Å². The Kier molecular flexibility index (Phi) is 5.84. The van der Waals surface area contributed by atoms with Crippen LogP contribution in [0.1, 0.15) is 5.69 Å². The van der Waals surface area contributed by atoms with E-state index in [0.29, 0.717) is 26.8 Å². The van der Waals surface area contributed by atoms with Crippen molar-refractivity contribution in [3.63, 3.8) is 0 Å². The molecule has 1 amide bonds. The molecule has 0 aliphatic carbocycles. The fourth-order valence-corrected chi connectivity index (χ4v) is 4.54. The number of nitro benzene ring substituents is 1. The van der Waals surface area contributed by atoms with Gasteiger partial charge in [-0.2, -0.15) is 0 Å². The summed E-state index contributed by atoms with van der Waals surface area (Å²) >= 11 is 1.21. The number of anilines is 1. The third kappa shape index (κ3) is 4.55. The number of amides is 1. The largest absolute Gasteiger partial charge is 0.484 e. The predicted molar refractivity (Wildman–Crippen MR) is 131 cm³/mol.